The van der Waals surface area contributed by atoms with E-state index >= 15 is 0 Å². The third-order valence-electron chi connectivity index (χ3n) is 4.03. The minimum absolute atomic E-state index is 0.0281. The Bertz CT molecular complexity index is 916. The second-order valence-electron chi connectivity index (χ2n) is 5.78. The predicted molar refractivity (Wildman–Crippen MR) is 92.6 cm³/mol. The third kappa shape index (κ3) is 2.97. The smallest absolute Gasteiger partial charge is 0.184 e. The fraction of sp³-hybridized carbons (Fsp3) is 0.150. The summed E-state index contributed by atoms with van der Waals surface area (Å²) < 4.78 is 1.90. The largest absolute Gasteiger partial charge is 0.336 e. The van der Waals surface area contributed by atoms with Crippen molar-refractivity contribution in [2.24, 2.45) is 0 Å². The minimum Gasteiger partial charge on any atom is -0.336 e. The molecular formula is C20H17N3O. The molecule has 3 aromatic rings. The van der Waals surface area contributed by atoms with Crippen LogP contribution < -0.4 is 0 Å². The van der Waals surface area contributed by atoms with E-state index in [9.17, 15) is 10.1 Å². The number of hydrogen-bond acceptors (Lipinski definition) is 3. The Hall–Kier alpha value is -3.19. The van der Waals surface area contributed by atoms with E-state index in [1.54, 1.807) is 24.5 Å². The van der Waals surface area contributed by atoms with Crippen LogP contribution in [0.25, 0.3) is 11.3 Å². The van der Waals surface area contributed by atoms with E-state index < -0.39 is 0 Å². The summed E-state index contributed by atoms with van der Waals surface area (Å²) in [6, 6.07) is 15.5. The van der Waals surface area contributed by atoms with Gasteiger partial charge in [0.2, 0.25) is 0 Å². The van der Waals surface area contributed by atoms with E-state index in [-0.39, 0.29) is 12.3 Å². The van der Waals surface area contributed by atoms with Crippen molar-refractivity contribution in [3.63, 3.8) is 0 Å². The molecule has 0 aliphatic carbocycles. The number of pyridine rings is 1. The zero-order valence-electron chi connectivity index (χ0n) is 13.7. The van der Waals surface area contributed by atoms with Gasteiger partial charge in [-0.3, -0.25) is 9.78 Å². The molecule has 0 radical (unpaired) electrons. The summed E-state index contributed by atoms with van der Waals surface area (Å²) in [6.07, 6.45) is 3.21. The lowest BCUT2D eigenvalue weighted by molar-refractivity contribution is 0.0971. The molecule has 0 N–H and O–H groups in total. The number of ketones is 1. The van der Waals surface area contributed by atoms with Crippen LogP contribution >= 0.6 is 0 Å². The van der Waals surface area contributed by atoms with Gasteiger partial charge < -0.3 is 4.57 Å². The van der Waals surface area contributed by atoms with Gasteiger partial charge in [-0.2, -0.15) is 5.26 Å². The Morgan fingerprint density at radius 1 is 1.21 bits per heavy atom. The molecule has 0 fully saturated rings. The van der Waals surface area contributed by atoms with Crippen LogP contribution in [0, 0.1) is 25.2 Å². The topological polar surface area (TPSA) is 58.7 Å². The average molecular weight is 315 g/mol. The highest BCUT2D eigenvalue weighted by atomic mass is 16.1. The average Bonchev–Trinajstić information content (AvgIpc) is 2.92. The number of benzene rings is 1. The summed E-state index contributed by atoms with van der Waals surface area (Å²) in [5.74, 6) is -0.0281. The van der Waals surface area contributed by atoms with Crippen molar-refractivity contribution in [3.8, 4) is 17.3 Å². The van der Waals surface area contributed by atoms with Crippen LogP contribution in [0.5, 0.6) is 0 Å². The summed E-state index contributed by atoms with van der Waals surface area (Å²) in [5, 5.41) is 9.47. The molecule has 0 atom stereocenters. The quantitative estimate of drug-likeness (QED) is 0.686. The van der Waals surface area contributed by atoms with Gasteiger partial charge in [-0.15, -0.1) is 0 Å². The Kier molecular flexibility index (Phi) is 4.26. The van der Waals surface area contributed by atoms with Crippen LogP contribution in [0.1, 0.15) is 27.2 Å². The highest BCUT2D eigenvalue weighted by Crippen LogP contribution is 2.28. The number of carbonyl (C=O) groups is 1. The van der Waals surface area contributed by atoms with Crippen molar-refractivity contribution < 1.29 is 4.79 Å². The third-order valence-corrected chi connectivity index (χ3v) is 4.03. The molecule has 0 saturated carbocycles. The van der Waals surface area contributed by atoms with Gasteiger partial charge in [-0.1, -0.05) is 29.8 Å². The lowest BCUT2D eigenvalue weighted by Gasteiger charge is -2.12. The summed E-state index contributed by atoms with van der Waals surface area (Å²) >= 11 is 0. The van der Waals surface area contributed by atoms with Crippen molar-refractivity contribution in [1.29, 1.82) is 5.26 Å². The van der Waals surface area contributed by atoms with Crippen LogP contribution in [0.4, 0.5) is 0 Å². The number of hydrogen-bond donors (Lipinski definition) is 0. The number of nitriles is 1. The van der Waals surface area contributed by atoms with Crippen molar-refractivity contribution in [2.75, 3.05) is 0 Å². The Balaban J connectivity index is 2.05. The summed E-state index contributed by atoms with van der Waals surface area (Å²) in [7, 11) is 0. The minimum atomic E-state index is -0.0281. The van der Waals surface area contributed by atoms with E-state index in [0.717, 1.165) is 22.5 Å². The van der Waals surface area contributed by atoms with E-state index in [0.29, 0.717) is 11.1 Å². The molecule has 118 valence electrons. The van der Waals surface area contributed by atoms with Gasteiger partial charge in [0.15, 0.2) is 5.78 Å². The maximum absolute atomic E-state index is 12.6. The van der Waals surface area contributed by atoms with Gasteiger partial charge >= 0.3 is 0 Å². The molecule has 2 aromatic heterocycles. The fourth-order valence-electron chi connectivity index (χ4n) is 2.75. The van der Waals surface area contributed by atoms with E-state index in [1.807, 2.05) is 48.7 Å². The molecule has 1 aromatic carbocycles. The van der Waals surface area contributed by atoms with Crippen LogP contribution in [0.2, 0.25) is 0 Å². The van der Waals surface area contributed by atoms with Crippen molar-refractivity contribution in [1.82, 2.24) is 9.55 Å². The van der Waals surface area contributed by atoms with Gasteiger partial charge in [-0.05, 0) is 37.6 Å². The van der Waals surface area contributed by atoms with Gasteiger partial charge in [0.05, 0.1) is 17.8 Å². The zero-order valence-corrected chi connectivity index (χ0v) is 13.7. The van der Waals surface area contributed by atoms with Gasteiger partial charge in [-0.25, -0.2) is 0 Å². The number of carbonyl (C=O) groups excluding carboxylic acids is 1. The highest BCUT2D eigenvalue weighted by molar-refractivity contribution is 5.96. The molecule has 2 heterocycles. The van der Waals surface area contributed by atoms with Crippen LogP contribution in [0.15, 0.2) is 54.9 Å². The van der Waals surface area contributed by atoms with Crippen molar-refractivity contribution in [2.45, 2.75) is 20.4 Å². The van der Waals surface area contributed by atoms with E-state index in [2.05, 4.69) is 11.1 Å². The second-order valence-corrected chi connectivity index (χ2v) is 5.78. The second kappa shape index (κ2) is 6.51. The maximum atomic E-state index is 12.6. The molecule has 0 saturated heterocycles. The van der Waals surface area contributed by atoms with Crippen LogP contribution in [-0.4, -0.2) is 15.3 Å². The molecule has 0 spiro atoms. The number of Topliss-reactive ketones (excluding diaryl/α,β-unsaturated/α-hetero) is 1. The number of rotatable bonds is 4. The van der Waals surface area contributed by atoms with Crippen LogP contribution in [-0.2, 0) is 6.54 Å². The SMILES string of the molecule is Cc1ccc(-c2c(C#N)cc(C)n2CC(=O)c2cccnc2)cc1. The summed E-state index contributed by atoms with van der Waals surface area (Å²) in [5.41, 5.74) is 4.91. The molecule has 24 heavy (non-hydrogen) atoms. The van der Waals surface area contributed by atoms with Crippen LogP contribution in [0.3, 0.4) is 0 Å². The van der Waals surface area contributed by atoms with Crippen molar-refractivity contribution >= 4 is 5.78 Å². The number of aryl methyl sites for hydroxylation is 2. The van der Waals surface area contributed by atoms with E-state index in [1.165, 1.54) is 0 Å². The first-order valence-corrected chi connectivity index (χ1v) is 7.70. The van der Waals surface area contributed by atoms with Crippen molar-refractivity contribution in [3.05, 3.63) is 77.2 Å². The first-order chi connectivity index (χ1) is 11.6. The molecule has 4 nitrogen and oxygen atoms in total. The molecule has 0 bridgehead atoms. The molecule has 0 aliphatic heterocycles. The first kappa shape index (κ1) is 15.7. The lowest BCUT2D eigenvalue weighted by atomic mass is 10.1. The number of aromatic nitrogens is 2. The van der Waals surface area contributed by atoms with Gasteiger partial charge in [0.1, 0.15) is 6.07 Å². The molecule has 0 amide bonds. The highest BCUT2D eigenvalue weighted by Gasteiger charge is 2.17. The standard InChI is InChI=1S/C20H17N3O/c1-14-5-7-16(8-6-14)20-18(11-21)10-15(2)23(20)13-19(24)17-4-3-9-22-12-17/h3-10,12H,13H2,1-2H3. The Labute approximate surface area is 141 Å². The maximum Gasteiger partial charge on any atom is 0.184 e. The lowest BCUT2D eigenvalue weighted by Crippen LogP contribution is -2.13. The molecular weight excluding hydrogens is 298 g/mol. The summed E-state index contributed by atoms with van der Waals surface area (Å²) in [4.78, 5) is 16.6. The molecule has 0 aliphatic rings. The number of nitrogens with zero attached hydrogens (tertiary/aromatic N) is 3. The van der Waals surface area contributed by atoms with E-state index in [4.69, 9.17) is 0 Å². The Morgan fingerprint density at radius 3 is 2.58 bits per heavy atom. The normalized spacial score (nSPS) is 10.4. The summed E-state index contributed by atoms with van der Waals surface area (Å²) in [6.45, 7) is 4.11. The molecule has 0 unspecified atom stereocenters. The Morgan fingerprint density at radius 2 is 1.96 bits per heavy atom. The zero-order chi connectivity index (χ0) is 17.1. The predicted octanol–water partition coefficient (Wildman–Crippen LogP) is 3.92. The monoisotopic (exact) mass is 315 g/mol. The fourth-order valence-corrected chi connectivity index (χ4v) is 2.75. The van der Waals surface area contributed by atoms with Gasteiger partial charge in [0, 0.05) is 23.7 Å². The van der Waals surface area contributed by atoms with Gasteiger partial charge in [0.25, 0.3) is 0 Å². The molecule has 4 heteroatoms. The molecule has 3 rings (SSSR count). The first-order valence-electron chi connectivity index (χ1n) is 7.70.